The van der Waals surface area contributed by atoms with Gasteiger partial charge in [0, 0.05) is 37.6 Å². The second-order valence-electron chi connectivity index (χ2n) is 8.37. The SMILES string of the molecule is CC(CC(F)(F)F)NC(=O)OC1CCC(c2cnc(NC3CCN(S(N)=O)CC3)nc2)C1.[CH3-].[Cs+]. The number of nitrogens with one attached hydrogen (secondary N) is 2. The molecule has 188 valence electrons. The van der Waals surface area contributed by atoms with Crippen LogP contribution in [0.1, 0.15) is 56.9 Å². The number of alkyl carbamates (subject to hydrolysis) is 1. The maximum Gasteiger partial charge on any atom is 1.00 e. The Morgan fingerprint density at radius 1 is 1.26 bits per heavy atom. The molecular formula is C20H32CsF3N6O3S. The van der Waals surface area contributed by atoms with Crippen LogP contribution in [0.2, 0.25) is 0 Å². The minimum absolute atomic E-state index is 0. The molecule has 1 aromatic heterocycles. The molecule has 34 heavy (non-hydrogen) atoms. The molecule has 3 rings (SSSR count). The van der Waals surface area contributed by atoms with E-state index in [0.717, 1.165) is 24.8 Å². The number of anilines is 1. The summed E-state index contributed by atoms with van der Waals surface area (Å²) in [5.41, 5.74) is 0.931. The summed E-state index contributed by atoms with van der Waals surface area (Å²) in [6, 6.07) is -0.860. The van der Waals surface area contributed by atoms with Gasteiger partial charge in [0.1, 0.15) is 6.10 Å². The normalized spacial score (nSPS) is 23.2. The van der Waals surface area contributed by atoms with Crippen LogP contribution in [0, 0.1) is 7.43 Å². The third kappa shape index (κ3) is 10.6. The summed E-state index contributed by atoms with van der Waals surface area (Å²) < 4.78 is 55.5. The van der Waals surface area contributed by atoms with Gasteiger partial charge in [0.15, 0.2) is 11.2 Å². The maximum atomic E-state index is 12.4. The van der Waals surface area contributed by atoms with Gasteiger partial charge in [-0.15, -0.1) is 0 Å². The van der Waals surface area contributed by atoms with E-state index in [2.05, 4.69) is 20.6 Å². The largest absolute Gasteiger partial charge is 1.00 e. The number of carbonyl (C=O) groups is 1. The number of halogens is 3. The quantitative estimate of drug-likeness (QED) is 0.368. The average Bonchev–Trinajstić information content (AvgIpc) is 3.15. The van der Waals surface area contributed by atoms with Crippen LogP contribution >= 0.6 is 0 Å². The molecular weight excluding hydrogens is 594 g/mol. The number of amides is 1. The minimum Gasteiger partial charge on any atom is -0.446 e. The summed E-state index contributed by atoms with van der Waals surface area (Å²) in [7, 11) is 0. The van der Waals surface area contributed by atoms with Crippen LogP contribution in [0.25, 0.3) is 0 Å². The smallest absolute Gasteiger partial charge is 0.446 e. The molecule has 0 spiro atoms. The Labute approximate surface area is 260 Å². The van der Waals surface area contributed by atoms with Gasteiger partial charge in [-0.2, -0.15) is 13.2 Å². The molecule has 4 unspecified atom stereocenters. The van der Waals surface area contributed by atoms with E-state index in [-0.39, 0.29) is 94.4 Å². The van der Waals surface area contributed by atoms with Crippen LogP contribution in [-0.2, 0) is 15.9 Å². The van der Waals surface area contributed by atoms with Crippen molar-refractivity contribution in [2.45, 2.75) is 75.7 Å². The number of rotatable bonds is 7. The van der Waals surface area contributed by atoms with E-state index in [4.69, 9.17) is 9.88 Å². The molecule has 1 aliphatic carbocycles. The molecule has 1 saturated heterocycles. The monoisotopic (exact) mass is 626 g/mol. The Balaban J connectivity index is 0.00000289. The van der Waals surface area contributed by atoms with Crippen molar-refractivity contribution in [3.8, 4) is 0 Å². The zero-order valence-electron chi connectivity index (χ0n) is 19.8. The molecule has 0 bridgehead atoms. The van der Waals surface area contributed by atoms with Gasteiger partial charge in [-0.05, 0) is 50.5 Å². The predicted octanol–water partition coefficient (Wildman–Crippen LogP) is 0.0478. The average molecular weight is 626 g/mol. The van der Waals surface area contributed by atoms with Crippen LogP contribution in [0.15, 0.2) is 12.4 Å². The summed E-state index contributed by atoms with van der Waals surface area (Å²) in [6.07, 6.45) is 0.447. The van der Waals surface area contributed by atoms with Crippen molar-refractivity contribution >= 4 is 23.2 Å². The topological polar surface area (TPSA) is 122 Å². The molecule has 9 nitrogen and oxygen atoms in total. The van der Waals surface area contributed by atoms with Crippen molar-refractivity contribution < 1.29 is 95.8 Å². The first-order valence-electron chi connectivity index (χ1n) is 10.6. The Morgan fingerprint density at radius 3 is 2.44 bits per heavy atom. The number of aromatic nitrogens is 2. The molecule has 0 aromatic carbocycles. The number of nitrogens with zero attached hydrogens (tertiary/aromatic N) is 3. The van der Waals surface area contributed by atoms with E-state index < -0.39 is 35.9 Å². The number of alkyl halides is 3. The van der Waals surface area contributed by atoms with Crippen LogP contribution in [0.4, 0.5) is 23.9 Å². The second-order valence-corrected chi connectivity index (χ2v) is 9.43. The summed E-state index contributed by atoms with van der Waals surface area (Å²) in [4.78, 5) is 20.6. The van der Waals surface area contributed by atoms with E-state index in [1.54, 1.807) is 16.7 Å². The van der Waals surface area contributed by atoms with Crippen molar-refractivity contribution in [2.75, 3.05) is 18.4 Å². The number of piperidine rings is 1. The van der Waals surface area contributed by atoms with Gasteiger partial charge < -0.3 is 22.8 Å². The summed E-state index contributed by atoms with van der Waals surface area (Å²) in [5, 5.41) is 10.9. The number of hydrogen-bond acceptors (Lipinski definition) is 6. The Hall–Kier alpha value is 0.0619. The van der Waals surface area contributed by atoms with Crippen molar-refractivity contribution in [3.05, 3.63) is 25.4 Å². The Morgan fingerprint density at radius 2 is 1.88 bits per heavy atom. The predicted molar refractivity (Wildman–Crippen MR) is 119 cm³/mol. The van der Waals surface area contributed by atoms with Crippen LogP contribution < -0.4 is 84.7 Å². The first-order valence-corrected chi connectivity index (χ1v) is 11.8. The molecule has 2 heterocycles. The summed E-state index contributed by atoms with van der Waals surface area (Å²) >= 11 is -1.44. The molecule has 14 heteroatoms. The standard InChI is InChI=1S/C19H29F3N6O3S.CH3.Cs/c1-12(9-19(20,21)22)26-18(29)31-16-3-2-13(8-16)14-10-24-17(25-11-14)27-15-4-6-28(7-5-15)32(23)30;;/h10-13,15-16H,2-9,23H2,1H3,(H,26,29)(H,24,25,27);1H3;/q;-1;+1. The van der Waals surface area contributed by atoms with E-state index in [1.807, 2.05) is 0 Å². The number of nitrogens with two attached hydrogens (primary N) is 1. The van der Waals surface area contributed by atoms with Crippen molar-refractivity contribution in [3.63, 3.8) is 0 Å². The Kier molecular flexibility index (Phi) is 13.9. The fourth-order valence-electron chi connectivity index (χ4n) is 4.12. The fourth-order valence-corrected chi connectivity index (χ4v) is 4.69. The summed E-state index contributed by atoms with van der Waals surface area (Å²) in [6.45, 7) is 2.58. The molecule has 0 radical (unpaired) electrons. The van der Waals surface area contributed by atoms with Crippen molar-refractivity contribution in [1.82, 2.24) is 19.6 Å². The zero-order valence-corrected chi connectivity index (χ0v) is 26.9. The molecule has 1 aromatic rings. The van der Waals surface area contributed by atoms with Gasteiger partial charge in [0.05, 0.1) is 6.42 Å². The van der Waals surface area contributed by atoms with Gasteiger partial charge in [-0.25, -0.2) is 28.4 Å². The number of ether oxygens (including phenoxy) is 1. The maximum absolute atomic E-state index is 12.4. The van der Waals surface area contributed by atoms with E-state index in [9.17, 15) is 22.2 Å². The van der Waals surface area contributed by atoms with E-state index in [1.165, 1.54) is 6.92 Å². The van der Waals surface area contributed by atoms with Gasteiger partial charge >= 0.3 is 81.2 Å². The van der Waals surface area contributed by atoms with E-state index >= 15 is 0 Å². The van der Waals surface area contributed by atoms with Gasteiger partial charge in [0.25, 0.3) is 0 Å². The first-order chi connectivity index (χ1) is 15.1. The molecule has 4 N–H and O–H groups in total. The molecule has 1 aliphatic heterocycles. The molecule has 2 aliphatic rings. The third-order valence-electron chi connectivity index (χ3n) is 5.74. The van der Waals surface area contributed by atoms with Crippen molar-refractivity contribution in [2.24, 2.45) is 5.14 Å². The first kappa shape index (κ1) is 32.1. The van der Waals surface area contributed by atoms with Crippen molar-refractivity contribution in [1.29, 1.82) is 0 Å². The van der Waals surface area contributed by atoms with Crippen LogP contribution in [0.5, 0.6) is 0 Å². The summed E-state index contributed by atoms with van der Waals surface area (Å²) in [5.74, 6) is 0.641. The molecule has 1 amide bonds. The van der Waals surface area contributed by atoms with Crippen LogP contribution in [0.3, 0.4) is 0 Å². The van der Waals surface area contributed by atoms with Crippen LogP contribution in [-0.4, -0.2) is 62.0 Å². The third-order valence-corrected chi connectivity index (χ3v) is 6.62. The molecule has 4 atom stereocenters. The van der Waals surface area contributed by atoms with Gasteiger partial charge in [-0.1, -0.05) is 0 Å². The number of carbonyl (C=O) groups excluding carboxylic acids is 1. The Bertz CT molecular complexity index is 797. The van der Waals surface area contributed by atoms with Gasteiger partial charge in [0.2, 0.25) is 5.95 Å². The molecule has 2 fully saturated rings. The minimum atomic E-state index is -4.34. The zero-order chi connectivity index (χ0) is 23.3. The van der Waals surface area contributed by atoms with Gasteiger partial charge in [-0.3, -0.25) is 0 Å². The second kappa shape index (κ2) is 14.7. The molecule has 1 saturated carbocycles. The fraction of sp³-hybridized carbons (Fsp3) is 0.700. The van der Waals surface area contributed by atoms with E-state index in [0.29, 0.717) is 31.9 Å². The number of hydrogen-bond donors (Lipinski definition) is 3.